The molecule has 6 nitrogen and oxygen atoms in total. The molecule has 1 fully saturated rings. The van der Waals surface area contributed by atoms with Gasteiger partial charge in [0, 0.05) is 6.54 Å². The fourth-order valence-electron chi connectivity index (χ4n) is 1.97. The predicted octanol–water partition coefficient (Wildman–Crippen LogP) is 1.90. The van der Waals surface area contributed by atoms with Gasteiger partial charge in [0.15, 0.2) is 6.10 Å². The third-order valence-corrected chi connectivity index (χ3v) is 5.25. The summed E-state index contributed by atoms with van der Waals surface area (Å²) in [5.41, 5.74) is 0. The highest BCUT2D eigenvalue weighted by molar-refractivity contribution is 7.89. The zero-order valence-corrected chi connectivity index (χ0v) is 13.1. The summed E-state index contributed by atoms with van der Waals surface area (Å²) in [6, 6.07) is 3.98. The summed E-state index contributed by atoms with van der Waals surface area (Å²) in [5, 5.41) is 9.21. The number of carbonyl (C=O) groups is 1. The van der Waals surface area contributed by atoms with E-state index in [-0.39, 0.29) is 21.5 Å². The summed E-state index contributed by atoms with van der Waals surface area (Å²) in [6.45, 7) is 0.00631. The molecule has 1 aromatic rings. The number of rotatable bonds is 5. The van der Waals surface area contributed by atoms with Gasteiger partial charge >= 0.3 is 5.97 Å². The Balaban J connectivity index is 1.99. The van der Waals surface area contributed by atoms with Crippen LogP contribution in [0.4, 0.5) is 0 Å². The van der Waals surface area contributed by atoms with Gasteiger partial charge in [-0.3, -0.25) is 0 Å². The van der Waals surface area contributed by atoms with Crippen LogP contribution in [0, 0.1) is 0 Å². The quantitative estimate of drug-likeness (QED) is 0.843. The summed E-state index contributed by atoms with van der Waals surface area (Å²) in [4.78, 5) is 10.7. The zero-order chi connectivity index (χ0) is 15.6. The van der Waals surface area contributed by atoms with Crippen molar-refractivity contribution >= 4 is 39.2 Å². The van der Waals surface area contributed by atoms with Crippen LogP contribution in [0.25, 0.3) is 0 Å². The molecule has 0 aromatic heterocycles. The first-order chi connectivity index (χ1) is 9.79. The van der Waals surface area contributed by atoms with Crippen LogP contribution < -0.4 is 4.72 Å². The number of aliphatic carboxylic acids is 1. The summed E-state index contributed by atoms with van der Waals surface area (Å²) in [7, 11) is -3.75. The zero-order valence-electron chi connectivity index (χ0n) is 10.8. The molecular formula is C12H13Cl2NO5S. The van der Waals surface area contributed by atoms with Gasteiger partial charge in [0.25, 0.3) is 0 Å². The maximum atomic E-state index is 12.1. The van der Waals surface area contributed by atoms with E-state index in [1.165, 1.54) is 18.2 Å². The van der Waals surface area contributed by atoms with E-state index in [2.05, 4.69) is 4.72 Å². The van der Waals surface area contributed by atoms with Gasteiger partial charge in [0.1, 0.15) is 0 Å². The first-order valence-corrected chi connectivity index (χ1v) is 8.36. The third kappa shape index (κ3) is 4.08. The number of hydrogen-bond acceptors (Lipinski definition) is 4. The van der Waals surface area contributed by atoms with Crippen molar-refractivity contribution in [2.75, 3.05) is 6.54 Å². The fraction of sp³-hybridized carbons (Fsp3) is 0.417. The minimum absolute atomic E-state index is 0.00631. The molecule has 1 aliphatic rings. The van der Waals surface area contributed by atoms with Gasteiger partial charge in [0.05, 0.1) is 21.0 Å². The molecule has 2 rings (SSSR count). The maximum Gasteiger partial charge on any atom is 0.332 e. The number of sulfonamides is 1. The van der Waals surface area contributed by atoms with Gasteiger partial charge in [0.2, 0.25) is 10.0 Å². The minimum Gasteiger partial charge on any atom is -0.479 e. The van der Waals surface area contributed by atoms with Crippen molar-refractivity contribution in [3.05, 3.63) is 28.2 Å². The molecule has 0 aliphatic carbocycles. The Morgan fingerprint density at radius 2 is 2.05 bits per heavy atom. The SMILES string of the molecule is O=C(O)C1CCC(CNS(=O)(=O)c2ccc(Cl)c(Cl)c2)O1. The van der Waals surface area contributed by atoms with Gasteiger partial charge in [-0.05, 0) is 31.0 Å². The molecule has 1 aromatic carbocycles. The first kappa shape index (κ1) is 16.5. The van der Waals surface area contributed by atoms with Crippen molar-refractivity contribution < 1.29 is 23.1 Å². The molecule has 0 spiro atoms. The second-order valence-corrected chi connectivity index (χ2v) is 7.17. The van der Waals surface area contributed by atoms with E-state index in [1.807, 2.05) is 0 Å². The lowest BCUT2D eigenvalue weighted by Gasteiger charge is -2.13. The number of nitrogens with one attached hydrogen (secondary N) is 1. The topological polar surface area (TPSA) is 92.7 Å². The molecule has 0 amide bonds. The molecule has 0 radical (unpaired) electrons. The van der Waals surface area contributed by atoms with Crippen molar-refractivity contribution in [2.24, 2.45) is 0 Å². The molecule has 116 valence electrons. The van der Waals surface area contributed by atoms with Crippen LogP contribution in [0.2, 0.25) is 10.0 Å². The second kappa shape index (κ2) is 6.50. The van der Waals surface area contributed by atoms with Crippen molar-refractivity contribution in [3.8, 4) is 0 Å². The number of carboxylic acid groups (broad SMARTS) is 1. The Hall–Kier alpha value is -0.860. The molecule has 9 heteroatoms. The Morgan fingerprint density at radius 1 is 1.33 bits per heavy atom. The van der Waals surface area contributed by atoms with Crippen LogP contribution in [0.15, 0.2) is 23.1 Å². The van der Waals surface area contributed by atoms with Gasteiger partial charge in [-0.2, -0.15) is 0 Å². The van der Waals surface area contributed by atoms with Gasteiger partial charge in [-0.15, -0.1) is 0 Å². The molecule has 1 heterocycles. The van der Waals surface area contributed by atoms with E-state index in [9.17, 15) is 13.2 Å². The second-order valence-electron chi connectivity index (χ2n) is 4.59. The fourth-order valence-corrected chi connectivity index (χ4v) is 3.42. The molecule has 21 heavy (non-hydrogen) atoms. The molecule has 1 saturated heterocycles. The Morgan fingerprint density at radius 3 is 2.62 bits per heavy atom. The lowest BCUT2D eigenvalue weighted by atomic mass is 10.2. The van der Waals surface area contributed by atoms with Crippen molar-refractivity contribution in [1.29, 1.82) is 0 Å². The predicted molar refractivity (Wildman–Crippen MR) is 77.2 cm³/mol. The molecule has 0 saturated carbocycles. The first-order valence-electron chi connectivity index (χ1n) is 6.12. The number of ether oxygens (including phenoxy) is 1. The standard InChI is InChI=1S/C12H13Cl2NO5S/c13-9-3-2-8(5-10(9)14)21(18,19)15-6-7-1-4-11(20-7)12(16)17/h2-3,5,7,11,15H,1,4,6H2,(H,16,17). The molecule has 2 N–H and O–H groups in total. The third-order valence-electron chi connectivity index (χ3n) is 3.09. The Bertz CT molecular complexity index is 649. The largest absolute Gasteiger partial charge is 0.479 e. The van der Waals surface area contributed by atoms with Gasteiger partial charge in [-0.25, -0.2) is 17.9 Å². The smallest absolute Gasteiger partial charge is 0.332 e. The van der Waals surface area contributed by atoms with Crippen LogP contribution in [-0.4, -0.2) is 38.2 Å². The highest BCUT2D eigenvalue weighted by Crippen LogP contribution is 2.25. The average Bonchev–Trinajstić information content (AvgIpc) is 2.89. The van der Waals surface area contributed by atoms with Gasteiger partial charge < -0.3 is 9.84 Å². The number of carboxylic acids is 1. The van der Waals surface area contributed by atoms with Crippen LogP contribution in [-0.2, 0) is 19.6 Å². The van der Waals surface area contributed by atoms with E-state index in [0.29, 0.717) is 12.8 Å². The van der Waals surface area contributed by atoms with Crippen molar-refractivity contribution in [1.82, 2.24) is 4.72 Å². The molecule has 2 unspecified atom stereocenters. The number of benzene rings is 1. The number of hydrogen-bond donors (Lipinski definition) is 2. The highest BCUT2D eigenvalue weighted by Gasteiger charge is 2.31. The molecular weight excluding hydrogens is 341 g/mol. The minimum atomic E-state index is -3.75. The Labute approximate surface area is 132 Å². The number of halogens is 2. The summed E-state index contributed by atoms with van der Waals surface area (Å²) in [5.74, 6) is -1.04. The molecule has 0 bridgehead atoms. The normalized spacial score (nSPS) is 22.4. The maximum absolute atomic E-state index is 12.1. The highest BCUT2D eigenvalue weighted by atomic mass is 35.5. The van der Waals surface area contributed by atoms with E-state index >= 15 is 0 Å². The van der Waals surface area contributed by atoms with E-state index in [0.717, 1.165) is 0 Å². The van der Waals surface area contributed by atoms with Crippen LogP contribution in [0.3, 0.4) is 0 Å². The van der Waals surface area contributed by atoms with E-state index in [1.54, 1.807) is 0 Å². The van der Waals surface area contributed by atoms with E-state index in [4.69, 9.17) is 33.0 Å². The Kier molecular flexibility index (Phi) is 5.11. The molecule has 2 atom stereocenters. The van der Waals surface area contributed by atoms with E-state index < -0.39 is 28.2 Å². The average molecular weight is 354 g/mol. The lowest BCUT2D eigenvalue weighted by Crippen LogP contribution is -2.33. The van der Waals surface area contributed by atoms with Crippen LogP contribution >= 0.6 is 23.2 Å². The van der Waals surface area contributed by atoms with Crippen molar-refractivity contribution in [3.63, 3.8) is 0 Å². The monoisotopic (exact) mass is 353 g/mol. The summed E-state index contributed by atoms with van der Waals surface area (Å²) >= 11 is 11.5. The van der Waals surface area contributed by atoms with Gasteiger partial charge in [-0.1, -0.05) is 23.2 Å². The summed E-state index contributed by atoms with van der Waals surface area (Å²) in [6.07, 6.45) is -0.469. The van der Waals surface area contributed by atoms with Crippen molar-refractivity contribution in [2.45, 2.75) is 29.9 Å². The van der Waals surface area contributed by atoms with Crippen LogP contribution in [0.1, 0.15) is 12.8 Å². The lowest BCUT2D eigenvalue weighted by molar-refractivity contribution is -0.149. The molecule has 1 aliphatic heterocycles. The summed E-state index contributed by atoms with van der Waals surface area (Å²) < 4.78 is 31.8. The van der Waals surface area contributed by atoms with Crippen LogP contribution in [0.5, 0.6) is 0 Å².